The van der Waals surface area contributed by atoms with Crippen LogP contribution < -0.4 is 10.6 Å². The Bertz CT molecular complexity index is 522. The van der Waals surface area contributed by atoms with E-state index in [4.69, 9.17) is 4.74 Å². The summed E-state index contributed by atoms with van der Waals surface area (Å²) in [5.74, 6) is 0.130. The summed E-state index contributed by atoms with van der Waals surface area (Å²) in [4.78, 5) is 12.5. The topological polar surface area (TPSA) is 50.4 Å². The van der Waals surface area contributed by atoms with E-state index in [1.54, 1.807) is 0 Å². The van der Waals surface area contributed by atoms with E-state index in [1.807, 2.05) is 19.9 Å². The molecule has 24 heavy (non-hydrogen) atoms. The molecule has 1 amide bonds. The summed E-state index contributed by atoms with van der Waals surface area (Å²) >= 11 is 0. The van der Waals surface area contributed by atoms with Crippen molar-refractivity contribution in [2.24, 2.45) is 5.41 Å². The Balaban J connectivity index is 2.05. The van der Waals surface area contributed by atoms with Crippen molar-refractivity contribution in [2.75, 3.05) is 19.8 Å². The smallest absolute Gasteiger partial charge is 0.225 e. The van der Waals surface area contributed by atoms with E-state index in [1.165, 1.54) is 5.56 Å². The van der Waals surface area contributed by atoms with Gasteiger partial charge in [0.15, 0.2) is 0 Å². The molecule has 0 unspecified atom stereocenters. The van der Waals surface area contributed by atoms with Crippen LogP contribution in [0.2, 0.25) is 0 Å². The predicted molar refractivity (Wildman–Crippen MR) is 97.9 cm³/mol. The van der Waals surface area contributed by atoms with Gasteiger partial charge in [-0.05, 0) is 31.7 Å². The number of benzene rings is 1. The van der Waals surface area contributed by atoms with Gasteiger partial charge in [-0.15, -0.1) is 0 Å². The maximum Gasteiger partial charge on any atom is 0.225 e. The third kappa shape index (κ3) is 4.81. The second kappa shape index (κ2) is 8.13. The van der Waals surface area contributed by atoms with Crippen molar-refractivity contribution < 1.29 is 9.53 Å². The Labute approximate surface area is 146 Å². The molecule has 2 rings (SSSR count). The highest BCUT2D eigenvalue weighted by Crippen LogP contribution is 2.26. The molecule has 0 radical (unpaired) electrons. The fraction of sp³-hybridized carbons (Fsp3) is 0.650. The van der Waals surface area contributed by atoms with Crippen LogP contribution in [-0.4, -0.2) is 31.2 Å². The Hall–Kier alpha value is -1.39. The van der Waals surface area contributed by atoms with Gasteiger partial charge in [0.1, 0.15) is 0 Å². The third-order valence-electron chi connectivity index (χ3n) is 5.36. The molecule has 4 nitrogen and oxygen atoms in total. The molecule has 1 aromatic rings. The normalized spacial score (nSPS) is 18.8. The van der Waals surface area contributed by atoms with E-state index >= 15 is 0 Å². The van der Waals surface area contributed by atoms with E-state index in [0.29, 0.717) is 6.54 Å². The first-order valence-corrected chi connectivity index (χ1v) is 9.07. The van der Waals surface area contributed by atoms with Crippen LogP contribution in [0.3, 0.4) is 0 Å². The highest BCUT2D eigenvalue weighted by molar-refractivity contribution is 5.81. The molecule has 1 aliphatic rings. The van der Waals surface area contributed by atoms with E-state index in [2.05, 4.69) is 48.7 Å². The number of hydrogen-bond donors (Lipinski definition) is 2. The van der Waals surface area contributed by atoms with Gasteiger partial charge in [-0.2, -0.15) is 0 Å². The van der Waals surface area contributed by atoms with Crippen molar-refractivity contribution in [1.29, 1.82) is 0 Å². The minimum absolute atomic E-state index is 0.104. The van der Waals surface area contributed by atoms with Crippen LogP contribution >= 0.6 is 0 Å². The summed E-state index contributed by atoms with van der Waals surface area (Å²) in [5.41, 5.74) is 0.841. The number of carbonyl (C=O) groups is 1. The quantitative estimate of drug-likeness (QED) is 0.804. The van der Waals surface area contributed by atoms with Crippen LogP contribution in [-0.2, 0) is 9.53 Å². The van der Waals surface area contributed by atoms with Crippen LogP contribution in [0.4, 0.5) is 0 Å². The van der Waals surface area contributed by atoms with Crippen molar-refractivity contribution in [1.82, 2.24) is 10.6 Å². The molecule has 4 heteroatoms. The Morgan fingerprint density at radius 2 is 1.88 bits per heavy atom. The molecule has 1 aliphatic heterocycles. The maximum absolute atomic E-state index is 12.5. The number of amides is 1. The molecule has 0 spiro atoms. The second-order valence-corrected chi connectivity index (χ2v) is 7.59. The van der Waals surface area contributed by atoms with Crippen molar-refractivity contribution >= 4 is 5.91 Å². The molecule has 0 bridgehead atoms. The fourth-order valence-electron chi connectivity index (χ4n) is 3.07. The first-order chi connectivity index (χ1) is 11.4. The molecule has 134 valence electrons. The lowest BCUT2D eigenvalue weighted by Gasteiger charge is -2.41. The van der Waals surface area contributed by atoms with E-state index in [-0.39, 0.29) is 22.9 Å². The van der Waals surface area contributed by atoms with Crippen molar-refractivity contribution in [2.45, 2.75) is 58.5 Å². The third-order valence-corrected chi connectivity index (χ3v) is 5.36. The number of rotatable bonds is 7. The summed E-state index contributed by atoms with van der Waals surface area (Å²) in [7, 11) is 0. The van der Waals surface area contributed by atoms with Gasteiger partial charge < -0.3 is 15.4 Å². The summed E-state index contributed by atoms with van der Waals surface area (Å²) in [6.07, 6.45) is 2.66. The maximum atomic E-state index is 12.5. The summed E-state index contributed by atoms with van der Waals surface area (Å²) in [6, 6.07) is 10.7. The van der Waals surface area contributed by atoms with Crippen LogP contribution in [0.25, 0.3) is 0 Å². The van der Waals surface area contributed by atoms with E-state index < -0.39 is 0 Å². The highest BCUT2D eigenvalue weighted by atomic mass is 16.5. The number of ether oxygens (including phenoxy) is 1. The highest BCUT2D eigenvalue weighted by Gasteiger charge is 2.35. The van der Waals surface area contributed by atoms with Gasteiger partial charge in [-0.3, -0.25) is 4.79 Å². The van der Waals surface area contributed by atoms with Gasteiger partial charge >= 0.3 is 0 Å². The van der Waals surface area contributed by atoms with Gasteiger partial charge in [0, 0.05) is 36.8 Å². The van der Waals surface area contributed by atoms with Crippen LogP contribution in [0.1, 0.15) is 58.6 Å². The Morgan fingerprint density at radius 1 is 1.25 bits per heavy atom. The minimum atomic E-state index is -0.322. The van der Waals surface area contributed by atoms with Gasteiger partial charge in [-0.1, -0.05) is 51.1 Å². The fourth-order valence-corrected chi connectivity index (χ4v) is 3.07. The molecule has 0 aliphatic carbocycles. The summed E-state index contributed by atoms with van der Waals surface area (Å²) in [6.45, 7) is 10.4. The summed E-state index contributed by atoms with van der Waals surface area (Å²) < 4.78 is 5.55. The number of carbonyl (C=O) groups excluding carboxylic acids is 1. The van der Waals surface area contributed by atoms with E-state index in [9.17, 15) is 4.79 Å². The van der Waals surface area contributed by atoms with Crippen molar-refractivity contribution in [3.05, 3.63) is 35.9 Å². The molecular weight excluding hydrogens is 300 g/mol. The molecule has 2 N–H and O–H groups in total. The van der Waals surface area contributed by atoms with Gasteiger partial charge in [0.25, 0.3) is 0 Å². The van der Waals surface area contributed by atoms with Crippen molar-refractivity contribution in [3.8, 4) is 0 Å². The Kier molecular flexibility index (Phi) is 6.41. The molecule has 0 aromatic heterocycles. The first-order valence-electron chi connectivity index (χ1n) is 9.07. The zero-order valence-corrected chi connectivity index (χ0v) is 15.5. The van der Waals surface area contributed by atoms with Gasteiger partial charge in [-0.25, -0.2) is 0 Å². The van der Waals surface area contributed by atoms with Gasteiger partial charge in [0.05, 0.1) is 0 Å². The number of hydrogen-bond acceptors (Lipinski definition) is 3. The molecule has 1 atom stereocenters. The monoisotopic (exact) mass is 332 g/mol. The zero-order valence-electron chi connectivity index (χ0n) is 15.5. The van der Waals surface area contributed by atoms with Crippen molar-refractivity contribution in [3.63, 3.8) is 0 Å². The minimum Gasteiger partial charge on any atom is -0.381 e. The lowest BCUT2D eigenvalue weighted by Crippen LogP contribution is -2.58. The zero-order chi connectivity index (χ0) is 17.6. The molecule has 1 fully saturated rings. The molecule has 1 aromatic carbocycles. The van der Waals surface area contributed by atoms with Crippen LogP contribution in [0, 0.1) is 5.41 Å². The SMILES string of the molecule is CCC(C)(C)C(=O)NCC1(N[C@@H](C)c2ccccc2)CCOCC1. The number of nitrogens with one attached hydrogen (secondary N) is 2. The van der Waals surface area contributed by atoms with Crippen LogP contribution in [0.5, 0.6) is 0 Å². The summed E-state index contributed by atoms with van der Waals surface area (Å²) in [5, 5.41) is 6.96. The van der Waals surface area contributed by atoms with Gasteiger partial charge in [0.2, 0.25) is 5.91 Å². The molecular formula is C20H32N2O2. The average molecular weight is 332 g/mol. The lowest BCUT2D eigenvalue weighted by molar-refractivity contribution is -0.130. The van der Waals surface area contributed by atoms with Crippen LogP contribution in [0.15, 0.2) is 30.3 Å². The standard InChI is InChI=1S/C20H32N2O2/c1-5-19(3,4)18(23)21-15-20(11-13-24-14-12-20)22-16(2)17-9-7-6-8-10-17/h6-10,16,22H,5,11-15H2,1-4H3,(H,21,23)/t16-/m0/s1. The Morgan fingerprint density at radius 3 is 2.46 bits per heavy atom. The predicted octanol–water partition coefficient (Wildman–Crippen LogP) is 3.44. The first kappa shape index (κ1) is 18.9. The molecule has 1 heterocycles. The average Bonchev–Trinajstić information content (AvgIpc) is 2.61. The van der Waals surface area contributed by atoms with E-state index in [0.717, 1.165) is 32.5 Å². The molecule has 0 saturated carbocycles. The lowest BCUT2D eigenvalue weighted by atomic mass is 9.86. The largest absolute Gasteiger partial charge is 0.381 e. The second-order valence-electron chi connectivity index (χ2n) is 7.59. The molecule has 1 saturated heterocycles.